The van der Waals surface area contributed by atoms with Crippen LogP contribution in [-0.4, -0.2) is 34.9 Å². The van der Waals surface area contributed by atoms with Gasteiger partial charge in [0.2, 0.25) is 5.76 Å². The fourth-order valence-electron chi connectivity index (χ4n) is 3.80. The predicted octanol–water partition coefficient (Wildman–Crippen LogP) is 3.75. The van der Waals surface area contributed by atoms with Gasteiger partial charge in [0, 0.05) is 31.6 Å². The first-order valence-electron chi connectivity index (χ1n) is 9.95. The minimum absolute atomic E-state index is 0.0346. The number of hydrogen-bond donors (Lipinski definition) is 1. The zero-order valence-electron chi connectivity index (χ0n) is 16.5. The molecule has 0 saturated heterocycles. The van der Waals surface area contributed by atoms with E-state index in [1.807, 2.05) is 0 Å². The van der Waals surface area contributed by atoms with Crippen molar-refractivity contribution in [1.29, 1.82) is 0 Å². The van der Waals surface area contributed by atoms with Crippen molar-refractivity contribution >= 4 is 5.91 Å². The predicted molar refractivity (Wildman–Crippen MR) is 105 cm³/mol. The summed E-state index contributed by atoms with van der Waals surface area (Å²) in [4.78, 5) is 19.6. The molecule has 1 amide bonds. The summed E-state index contributed by atoms with van der Waals surface area (Å²) in [6.45, 7) is 9.33. The molecule has 0 radical (unpaired) electrons. The van der Waals surface area contributed by atoms with Crippen LogP contribution in [0.3, 0.4) is 0 Å². The van der Waals surface area contributed by atoms with Crippen molar-refractivity contribution in [3.05, 3.63) is 53.2 Å². The average Bonchev–Trinajstić information content (AvgIpc) is 3.36. The maximum atomic E-state index is 12.9. The average molecular weight is 367 g/mol. The molecule has 0 bridgehead atoms. The zero-order valence-corrected chi connectivity index (χ0v) is 16.5. The number of carbonyl (C=O) groups is 1. The van der Waals surface area contributed by atoms with Gasteiger partial charge in [-0.15, -0.1) is 0 Å². The number of aromatic nitrogens is 1. The van der Waals surface area contributed by atoms with Crippen molar-refractivity contribution in [2.75, 3.05) is 13.1 Å². The summed E-state index contributed by atoms with van der Waals surface area (Å²) >= 11 is 0. The molecule has 5 nitrogen and oxygen atoms in total. The van der Waals surface area contributed by atoms with E-state index in [9.17, 15) is 4.79 Å². The Morgan fingerprint density at radius 1 is 1.30 bits per heavy atom. The van der Waals surface area contributed by atoms with Gasteiger partial charge in [0.05, 0.1) is 5.69 Å². The number of carbonyl (C=O) groups excluding carboxylic acids is 1. The fraction of sp³-hybridized carbons (Fsp3) is 0.545. The number of oxazole rings is 1. The van der Waals surface area contributed by atoms with Gasteiger partial charge in [-0.25, -0.2) is 4.98 Å². The molecule has 1 unspecified atom stereocenters. The Balaban J connectivity index is 1.46. The highest BCUT2D eigenvalue weighted by Gasteiger charge is 2.35. The number of rotatable bonds is 5. The molecule has 1 atom stereocenters. The third kappa shape index (κ3) is 4.08. The van der Waals surface area contributed by atoms with Gasteiger partial charge >= 0.3 is 0 Å². The summed E-state index contributed by atoms with van der Waals surface area (Å²) in [5.74, 6) is 0.665. The standard InChI is InChI=1S/C22H29N3O2/c1-22(2,3)18(13-25-11-10-15-6-4-5-7-17(15)12-25)24-21(26)20-19(16-8-9-16)23-14-27-20/h4-7,14,16,18H,8-13H2,1-3H3,(H,24,26). The first kappa shape index (κ1) is 18.2. The molecule has 2 aliphatic rings. The van der Waals surface area contributed by atoms with Crippen LogP contribution in [0.15, 0.2) is 35.1 Å². The van der Waals surface area contributed by atoms with Gasteiger partial charge < -0.3 is 9.73 Å². The molecule has 1 aliphatic heterocycles. The molecule has 1 aromatic carbocycles. The molecule has 2 aromatic rings. The second-order valence-electron chi connectivity index (χ2n) is 8.99. The highest BCUT2D eigenvalue weighted by molar-refractivity contribution is 5.93. The van der Waals surface area contributed by atoms with E-state index >= 15 is 0 Å². The fourth-order valence-corrected chi connectivity index (χ4v) is 3.80. The van der Waals surface area contributed by atoms with E-state index in [1.165, 1.54) is 17.5 Å². The van der Waals surface area contributed by atoms with E-state index in [4.69, 9.17) is 4.42 Å². The Morgan fingerprint density at radius 3 is 2.74 bits per heavy atom. The molecule has 5 heteroatoms. The van der Waals surface area contributed by atoms with Gasteiger partial charge in [-0.1, -0.05) is 45.0 Å². The number of nitrogens with zero attached hydrogens (tertiary/aromatic N) is 2. The van der Waals surface area contributed by atoms with Crippen LogP contribution in [-0.2, 0) is 13.0 Å². The summed E-state index contributed by atoms with van der Waals surface area (Å²) in [6.07, 6.45) is 4.66. The van der Waals surface area contributed by atoms with E-state index in [1.54, 1.807) is 0 Å². The largest absolute Gasteiger partial charge is 0.438 e. The number of fused-ring (bicyclic) bond motifs is 1. The summed E-state index contributed by atoms with van der Waals surface area (Å²) in [5, 5.41) is 3.24. The van der Waals surface area contributed by atoms with E-state index in [-0.39, 0.29) is 17.4 Å². The van der Waals surface area contributed by atoms with Crippen LogP contribution < -0.4 is 5.32 Å². The van der Waals surface area contributed by atoms with Crippen LogP contribution in [0.25, 0.3) is 0 Å². The van der Waals surface area contributed by atoms with Gasteiger partial charge in [-0.2, -0.15) is 0 Å². The molecule has 1 saturated carbocycles. The van der Waals surface area contributed by atoms with Gasteiger partial charge in [-0.3, -0.25) is 9.69 Å². The molecule has 2 heterocycles. The molecule has 1 fully saturated rings. The quantitative estimate of drug-likeness (QED) is 0.874. The van der Waals surface area contributed by atoms with Crippen LogP contribution >= 0.6 is 0 Å². The Labute approximate surface area is 161 Å². The molecular weight excluding hydrogens is 338 g/mol. The third-order valence-electron chi connectivity index (χ3n) is 5.77. The second-order valence-corrected chi connectivity index (χ2v) is 8.99. The number of amides is 1. The van der Waals surface area contributed by atoms with Gasteiger partial charge in [-0.05, 0) is 35.8 Å². The van der Waals surface area contributed by atoms with E-state index in [0.717, 1.165) is 44.6 Å². The third-order valence-corrected chi connectivity index (χ3v) is 5.77. The summed E-state index contributed by atoms with van der Waals surface area (Å²) in [7, 11) is 0. The van der Waals surface area contributed by atoms with Crippen molar-refractivity contribution in [2.24, 2.45) is 5.41 Å². The van der Waals surface area contributed by atoms with Crippen molar-refractivity contribution < 1.29 is 9.21 Å². The van der Waals surface area contributed by atoms with Gasteiger partial charge in [0.25, 0.3) is 5.91 Å². The number of nitrogens with one attached hydrogen (secondary N) is 1. The lowest BCUT2D eigenvalue weighted by molar-refractivity contribution is 0.0834. The molecule has 4 rings (SSSR count). The van der Waals surface area contributed by atoms with Crippen molar-refractivity contribution in [2.45, 2.75) is 58.5 Å². The van der Waals surface area contributed by atoms with Crippen LogP contribution in [0.5, 0.6) is 0 Å². The molecule has 1 N–H and O–H groups in total. The molecule has 1 aliphatic carbocycles. The van der Waals surface area contributed by atoms with Crippen molar-refractivity contribution in [3.63, 3.8) is 0 Å². The molecule has 27 heavy (non-hydrogen) atoms. The smallest absolute Gasteiger partial charge is 0.289 e. The first-order chi connectivity index (χ1) is 12.9. The summed E-state index contributed by atoms with van der Waals surface area (Å²) < 4.78 is 5.44. The molecule has 1 aromatic heterocycles. The van der Waals surface area contributed by atoms with Gasteiger partial charge in [0.15, 0.2) is 6.39 Å². The monoisotopic (exact) mass is 367 g/mol. The lowest BCUT2D eigenvalue weighted by Crippen LogP contribution is -2.51. The minimum atomic E-state index is -0.133. The topological polar surface area (TPSA) is 58.4 Å². The van der Waals surface area contributed by atoms with Crippen LogP contribution in [0.2, 0.25) is 0 Å². The Bertz CT molecular complexity index is 817. The Kier molecular flexibility index (Phi) is 4.81. The second kappa shape index (κ2) is 7.12. The van der Waals surface area contributed by atoms with Crippen LogP contribution in [0.4, 0.5) is 0 Å². The number of hydrogen-bond acceptors (Lipinski definition) is 4. The van der Waals surface area contributed by atoms with Crippen molar-refractivity contribution in [3.8, 4) is 0 Å². The van der Waals surface area contributed by atoms with Gasteiger partial charge in [0.1, 0.15) is 0 Å². The normalized spacial score (nSPS) is 18.8. The van der Waals surface area contributed by atoms with E-state index in [0.29, 0.717) is 11.7 Å². The SMILES string of the molecule is CC(C)(C)C(CN1CCc2ccccc2C1)NC(=O)c1ocnc1C1CC1. The van der Waals surface area contributed by atoms with Crippen molar-refractivity contribution in [1.82, 2.24) is 15.2 Å². The number of benzene rings is 1. The summed E-state index contributed by atoms with van der Waals surface area (Å²) in [5.41, 5.74) is 3.62. The van der Waals surface area contributed by atoms with E-state index in [2.05, 4.69) is 60.2 Å². The summed E-state index contributed by atoms with van der Waals surface area (Å²) in [6, 6.07) is 8.69. The Morgan fingerprint density at radius 2 is 2.04 bits per heavy atom. The maximum Gasteiger partial charge on any atom is 0.289 e. The highest BCUT2D eigenvalue weighted by atomic mass is 16.3. The highest BCUT2D eigenvalue weighted by Crippen LogP contribution is 2.40. The van der Waals surface area contributed by atoms with E-state index < -0.39 is 0 Å². The Hall–Kier alpha value is -2.14. The lowest BCUT2D eigenvalue weighted by Gasteiger charge is -2.37. The van der Waals surface area contributed by atoms with Crippen LogP contribution in [0, 0.1) is 5.41 Å². The molecule has 0 spiro atoms. The maximum absolute atomic E-state index is 12.9. The van der Waals surface area contributed by atoms with Crippen LogP contribution in [0.1, 0.15) is 66.9 Å². The molecule has 144 valence electrons. The first-order valence-corrected chi connectivity index (χ1v) is 9.95. The minimum Gasteiger partial charge on any atom is -0.438 e. The molecular formula is C22H29N3O2. The lowest BCUT2D eigenvalue weighted by atomic mass is 9.85. The zero-order chi connectivity index (χ0) is 19.0.